The molecule has 13 heteroatoms. The normalized spacial score (nSPS) is 20.5. The average Bonchev–Trinajstić information content (AvgIpc) is 3.56. The number of aromatic amines is 1. The van der Waals surface area contributed by atoms with Crippen molar-refractivity contribution in [3.8, 4) is 11.8 Å². The Morgan fingerprint density at radius 2 is 1.30 bits per heavy atom. The Labute approximate surface area is 314 Å². The summed E-state index contributed by atoms with van der Waals surface area (Å²) >= 11 is 0. The average molecular weight is 737 g/mol. The number of imidazole rings is 1. The molecule has 2 aliphatic carbocycles. The van der Waals surface area contributed by atoms with Crippen molar-refractivity contribution in [2.45, 2.75) is 89.3 Å². The van der Waals surface area contributed by atoms with Crippen LogP contribution < -0.4 is 9.47 Å². The van der Waals surface area contributed by atoms with Gasteiger partial charge in [0.05, 0.1) is 49.4 Å². The molecule has 2 unspecified atom stereocenters. The summed E-state index contributed by atoms with van der Waals surface area (Å²) in [4.78, 5) is 44.2. The van der Waals surface area contributed by atoms with Gasteiger partial charge in [0.25, 0.3) is 5.91 Å². The molecule has 284 valence electrons. The summed E-state index contributed by atoms with van der Waals surface area (Å²) in [5.74, 6) is 1.43. The second-order valence-corrected chi connectivity index (χ2v) is 15.2. The van der Waals surface area contributed by atoms with Crippen LogP contribution in [0.2, 0.25) is 0 Å². The van der Waals surface area contributed by atoms with Gasteiger partial charge in [-0.25, -0.2) is 19.7 Å². The minimum atomic E-state index is -0.491. The third-order valence-electron chi connectivity index (χ3n) is 9.78. The van der Waals surface area contributed by atoms with Gasteiger partial charge >= 0.3 is 6.09 Å². The van der Waals surface area contributed by atoms with Gasteiger partial charge in [0.2, 0.25) is 11.8 Å². The minimum Gasteiger partial charge on any atom is -0.470 e. The number of carbonyl (C=O) groups excluding carboxylic acids is 2. The summed E-state index contributed by atoms with van der Waals surface area (Å²) in [5.41, 5.74) is 5.42. The number of para-hydroxylation sites is 2. The molecule has 3 N–H and O–H groups in total. The number of likely N-dealkylation sites (tertiary alicyclic amines) is 2. The van der Waals surface area contributed by atoms with Gasteiger partial charge in [0.15, 0.2) is 5.82 Å². The van der Waals surface area contributed by atoms with Crippen LogP contribution in [0.1, 0.15) is 81.0 Å². The van der Waals surface area contributed by atoms with E-state index in [0.717, 1.165) is 59.0 Å². The Bertz CT molecular complexity index is 1990. The van der Waals surface area contributed by atoms with Crippen molar-refractivity contribution in [3.63, 3.8) is 0 Å². The molecule has 2 saturated heterocycles. The van der Waals surface area contributed by atoms with E-state index in [-0.39, 0.29) is 36.4 Å². The lowest BCUT2D eigenvalue weighted by Gasteiger charge is -2.39. The molecule has 13 nitrogen and oxygen atoms in total. The maximum absolute atomic E-state index is 12.7. The van der Waals surface area contributed by atoms with Crippen LogP contribution in [0.15, 0.2) is 73.1 Å². The SMILES string of the molecule is CC(C)(C)OC(=O)N1CC(Oc2ncccc2C2=CCC(O)CC2)C1.O=C(c1nc2ccccc2[nH]1)N1CC(Oc2ncccc2C2=CCC(O)CC2)C1. The molecule has 0 bridgehead atoms. The molecule has 54 heavy (non-hydrogen) atoms. The first-order valence-corrected chi connectivity index (χ1v) is 18.7. The Morgan fingerprint density at radius 1 is 0.759 bits per heavy atom. The van der Waals surface area contributed by atoms with Gasteiger partial charge in [-0.15, -0.1) is 0 Å². The van der Waals surface area contributed by atoms with E-state index in [4.69, 9.17) is 14.2 Å². The number of rotatable bonds is 7. The van der Waals surface area contributed by atoms with E-state index in [1.54, 1.807) is 22.2 Å². The fraction of sp³-hybridized carbons (Fsp3) is 0.439. The number of hydrogen-bond donors (Lipinski definition) is 3. The van der Waals surface area contributed by atoms with E-state index < -0.39 is 5.60 Å². The van der Waals surface area contributed by atoms with Crippen molar-refractivity contribution >= 4 is 34.2 Å². The number of ether oxygens (including phenoxy) is 3. The number of aliphatic hydroxyl groups is 2. The van der Waals surface area contributed by atoms with E-state index in [1.165, 1.54) is 0 Å². The third-order valence-corrected chi connectivity index (χ3v) is 9.78. The van der Waals surface area contributed by atoms with Gasteiger partial charge in [-0.2, -0.15) is 0 Å². The molecule has 2 aliphatic heterocycles. The lowest BCUT2D eigenvalue weighted by atomic mass is 9.92. The zero-order chi connectivity index (χ0) is 37.8. The molecule has 4 aliphatic rings. The van der Waals surface area contributed by atoms with E-state index in [9.17, 15) is 19.8 Å². The molecular formula is C41H48N6O7. The molecule has 3 aromatic heterocycles. The third kappa shape index (κ3) is 8.91. The molecule has 2 fully saturated rings. The van der Waals surface area contributed by atoms with Gasteiger partial charge in [-0.05, 0) is 107 Å². The number of benzene rings is 1. The quantitative estimate of drug-likeness (QED) is 0.212. The van der Waals surface area contributed by atoms with E-state index in [0.29, 0.717) is 56.6 Å². The zero-order valence-electron chi connectivity index (χ0n) is 31.0. The lowest BCUT2D eigenvalue weighted by molar-refractivity contribution is -0.0233. The molecule has 0 saturated carbocycles. The van der Waals surface area contributed by atoms with Gasteiger partial charge in [0, 0.05) is 23.5 Å². The number of fused-ring (bicyclic) bond motifs is 1. The Kier molecular flexibility index (Phi) is 11.0. The maximum Gasteiger partial charge on any atom is 0.410 e. The monoisotopic (exact) mass is 736 g/mol. The molecule has 8 rings (SSSR count). The highest BCUT2D eigenvalue weighted by Crippen LogP contribution is 2.34. The summed E-state index contributed by atoms with van der Waals surface area (Å²) in [5, 5.41) is 19.4. The van der Waals surface area contributed by atoms with Crippen molar-refractivity contribution < 1.29 is 34.0 Å². The number of aliphatic hydroxyl groups excluding tert-OH is 2. The molecular weight excluding hydrogens is 688 g/mol. The predicted molar refractivity (Wildman–Crippen MR) is 203 cm³/mol. The fourth-order valence-corrected chi connectivity index (χ4v) is 6.77. The van der Waals surface area contributed by atoms with Crippen LogP contribution in [0.25, 0.3) is 22.2 Å². The number of carbonyl (C=O) groups is 2. The standard InChI is InChI=1S/C22H22N4O3.C19H26N2O4/c27-15-9-7-14(8-10-15)17-4-3-11-23-21(17)29-16-12-26(13-16)22(28)20-24-18-5-1-2-6-19(18)25-20;1-19(2,3)25-18(23)21-11-15(12-21)24-17-16(5-4-10-20-17)13-6-8-14(22)9-7-13/h1-7,11,15-16,27H,8-10,12-13H2,(H,24,25);4-6,10,14-15,22H,7-9,11-12H2,1-3H3. The predicted octanol–water partition coefficient (Wildman–Crippen LogP) is 5.80. The lowest BCUT2D eigenvalue weighted by Crippen LogP contribution is -2.57. The van der Waals surface area contributed by atoms with E-state index in [2.05, 4.69) is 32.1 Å². The van der Waals surface area contributed by atoms with Gasteiger partial charge in [0.1, 0.15) is 17.8 Å². The first-order chi connectivity index (χ1) is 26.0. The molecule has 1 aromatic carbocycles. The van der Waals surface area contributed by atoms with Crippen LogP contribution in [0, 0.1) is 0 Å². The summed E-state index contributed by atoms with van der Waals surface area (Å²) in [6, 6.07) is 15.4. The number of nitrogens with one attached hydrogen (secondary N) is 1. The Morgan fingerprint density at radius 3 is 1.80 bits per heavy atom. The van der Waals surface area contributed by atoms with Gasteiger partial charge < -0.3 is 39.2 Å². The number of amides is 2. The van der Waals surface area contributed by atoms with Crippen molar-refractivity contribution in [1.82, 2.24) is 29.7 Å². The molecule has 4 aromatic rings. The van der Waals surface area contributed by atoms with Crippen LogP contribution in [0.3, 0.4) is 0 Å². The second-order valence-electron chi connectivity index (χ2n) is 15.2. The number of hydrogen-bond acceptors (Lipinski definition) is 10. The van der Waals surface area contributed by atoms with Crippen LogP contribution >= 0.6 is 0 Å². The number of allylic oxidation sites excluding steroid dienone is 2. The summed E-state index contributed by atoms with van der Waals surface area (Å²) < 4.78 is 17.5. The van der Waals surface area contributed by atoms with Gasteiger partial charge in [-0.3, -0.25) is 4.79 Å². The summed E-state index contributed by atoms with van der Waals surface area (Å²) in [6.07, 6.45) is 11.0. The summed E-state index contributed by atoms with van der Waals surface area (Å²) in [7, 11) is 0. The zero-order valence-corrected chi connectivity index (χ0v) is 31.0. The number of nitrogens with zero attached hydrogens (tertiary/aromatic N) is 5. The van der Waals surface area contributed by atoms with E-state index in [1.807, 2.05) is 69.3 Å². The highest BCUT2D eigenvalue weighted by atomic mass is 16.6. The molecule has 0 radical (unpaired) electrons. The first kappa shape index (κ1) is 37.1. The van der Waals surface area contributed by atoms with Crippen LogP contribution in [0.5, 0.6) is 11.8 Å². The van der Waals surface area contributed by atoms with Crippen molar-refractivity contribution in [2.75, 3.05) is 26.2 Å². The fourth-order valence-electron chi connectivity index (χ4n) is 6.77. The molecule has 0 spiro atoms. The molecule has 2 amide bonds. The van der Waals surface area contributed by atoms with Crippen LogP contribution in [0.4, 0.5) is 4.79 Å². The Hall–Kier alpha value is -5.27. The smallest absolute Gasteiger partial charge is 0.410 e. The largest absolute Gasteiger partial charge is 0.470 e. The van der Waals surface area contributed by atoms with Crippen LogP contribution in [-0.2, 0) is 4.74 Å². The van der Waals surface area contributed by atoms with Crippen molar-refractivity contribution in [1.29, 1.82) is 0 Å². The maximum atomic E-state index is 12.7. The Balaban J connectivity index is 0.000000169. The highest BCUT2D eigenvalue weighted by molar-refractivity contribution is 5.94. The second kappa shape index (κ2) is 16.0. The summed E-state index contributed by atoms with van der Waals surface area (Å²) in [6.45, 7) is 7.58. The number of H-pyrrole nitrogens is 1. The van der Waals surface area contributed by atoms with E-state index >= 15 is 0 Å². The molecule has 2 atom stereocenters. The topological polar surface area (TPSA) is 163 Å². The van der Waals surface area contributed by atoms with Crippen molar-refractivity contribution in [2.24, 2.45) is 0 Å². The van der Waals surface area contributed by atoms with Crippen molar-refractivity contribution in [3.05, 3.63) is 90.0 Å². The molecule has 5 heterocycles. The first-order valence-electron chi connectivity index (χ1n) is 18.7. The van der Waals surface area contributed by atoms with Crippen LogP contribution in [-0.4, -0.2) is 108 Å². The number of pyridine rings is 2. The minimum absolute atomic E-state index is 0.0732. The number of aromatic nitrogens is 4. The highest BCUT2D eigenvalue weighted by Gasteiger charge is 2.37. The van der Waals surface area contributed by atoms with Gasteiger partial charge in [-0.1, -0.05) is 24.3 Å².